The highest BCUT2D eigenvalue weighted by Crippen LogP contribution is 2.25. The van der Waals surface area contributed by atoms with Crippen LogP contribution in [0, 0.1) is 6.92 Å². The highest BCUT2D eigenvalue weighted by atomic mass is 35.5. The molecule has 0 aromatic heterocycles. The van der Waals surface area contributed by atoms with Gasteiger partial charge >= 0.3 is 0 Å². The standard InChI is InChI=1S/C16H26N2O3S.ClH/c1-13-11-14(7-8-15(13)21-2)22(19,20)18-12-16(17)9-5-3-4-6-10-16;/h7-8,11,18H,3-6,9-10,12,17H2,1-2H3;1H. The summed E-state index contributed by atoms with van der Waals surface area (Å²) in [5.74, 6) is 0.679. The Morgan fingerprint density at radius 3 is 2.35 bits per heavy atom. The van der Waals surface area contributed by atoms with E-state index in [2.05, 4.69) is 4.72 Å². The van der Waals surface area contributed by atoms with Gasteiger partial charge in [-0.05, 0) is 43.5 Å². The average Bonchev–Trinajstić information content (AvgIpc) is 2.71. The van der Waals surface area contributed by atoms with E-state index < -0.39 is 15.6 Å². The van der Waals surface area contributed by atoms with E-state index in [0.29, 0.717) is 12.3 Å². The van der Waals surface area contributed by atoms with Gasteiger partial charge in [0.2, 0.25) is 10.0 Å². The molecule has 1 aliphatic carbocycles. The molecule has 1 aromatic rings. The summed E-state index contributed by atoms with van der Waals surface area (Å²) in [5, 5.41) is 0. The predicted molar refractivity (Wildman–Crippen MR) is 94.8 cm³/mol. The third-order valence-corrected chi connectivity index (χ3v) is 5.79. The fourth-order valence-electron chi connectivity index (χ4n) is 2.95. The van der Waals surface area contributed by atoms with Crippen LogP contribution in [-0.2, 0) is 10.0 Å². The SMILES string of the molecule is COc1ccc(S(=O)(=O)NCC2(N)CCCCCC2)cc1C.Cl. The van der Waals surface area contributed by atoms with Gasteiger partial charge in [-0.1, -0.05) is 25.7 Å². The number of halogens is 1. The largest absolute Gasteiger partial charge is 0.496 e. The Balaban J connectivity index is 0.00000264. The molecule has 0 unspecified atom stereocenters. The van der Waals surface area contributed by atoms with E-state index in [1.807, 2.05) is 6.92 Å². The molecule has 23 heavy (non-hydrogen) atoms. The molecule has 5 nitrogen and oxygen atoms in total. The third-order valence-electron chi connectivity index (χ3n) is 4.39. The van der Waals surface area contributed by atoms with Crippen molar-refractivity contribution in [3.05, 3.63) is 23.8 Å². The van der Waals surface area contributed by atoms with Gasteiger partial charge in [0.25, 0.3) is 0 Å². The van der Waals surface area contributed by atoms with Gasteiger partial charge in [0.15, 0.2) is 0 Å². The minimum absolute atomic E-state index is 0. The van der Waals surface area contributed by atoms with E-state index in [0.717, 1.165) is 31.2 Å². The van der Waals surface area contributed by atoms with Crippen molar-refractivity contribution in [2.24, 2.45) is 5.73 Å². The number of hydrogen-bond donors (Lipinski definition) is 2. The minimum atomic E-state index is -3.54. The number of ether oxygens (including phenoxy) is 1. The molecule has 0 amide bonds. The number of sulfonamides is 1. The molecule has 0 bridgehead atoms. The maximum Gasteiger partial charge on any atom is 0.240 e. The monoisotopic (exact) mass is 362 g/mol. The van der Waals surface area contributed by atoms with Crippen molar-refractivity contribution >= 4 is 22.4 Å². The molecule has 7 heteroatoms. The topological polar surface area (TPSA) is 81.4 Å². The van der Waals surface area contributed by atoms with Crippen LogP contribution in [-0.4, -0.2) is 27.6 Å². The van der Waals surface area contributed by atoms with Crippen LogP contribution in [0.3, 0.4) is 0 Å². The van der Waals surface area contributed by atoms with Crippen LogP contribution >= 0.6 is 12.4 Å². The average molecular weight is 363 g/mol. The zero-order chi connectivity index (χ0) is 16.2. The van der Waals surface area contributed by atoms with E-state index in [9.17, 15) is 8.42 Å². The first-order valence-electron chi connectivity index (χ1n) is 7.79. The highest BCUT2D eigenvalue weighted by molar-refractivity contribution is 7.89. The Morgan fingerprint density at radius 1 is 1.22 bits per heavy atom. The van der Waals surface area contributed by atoms with Crippen LogP contribution in [0.1, 0.15) is 44.1 Å². The smallest absolute Gasteiger partial charge is 0.240 e. The fraction of sp³-hybridized carbons (Fsp3) is 0.625. The summed E-state index contributed by atoms with van der Waals surface area (Å²) in [6.07, 6.45) is 6.25. The molecule has 0 aliphatic heterocycles. The first-order valence-corrected chi connectivity index (χ1v) is 9.28. The number of benzene rings is 1. The van der Waals surface area contributed by atoms with Crippen molar-refractivity contribution < 1.29 is 13.2 Å². The lowest BCUT2D eigenvalue weighted by atomic mass is 9.92. The van der Waals surface area contributed by atoms with E-state index in [-0.39, 0.29) is 17.3 Å². The number of nitrogens with two attached hydrogens (primary N) is 1. The Bertz CT molecular complexity index is 612. The molecule has 0 saturated heterocycles. The quantitative estimate of drug-likeness (QED) is 0.789. The second kappa shape index (κ2) is 8.33. The molecular formula is C16H27ClN2O3S. The maximum absolute atomic E-state index is 12.4. The normalized spacial score (nSPS) is 17.9. The lowest BCUT2D eigenvalue weighted by Crippen LogP contribution is -2.49. The number of nitrogens with one attached hydrogen (secondary N) is 1. The molecule has 0 atom stereocenters. The van der Waals surface area contributed by atoms with E-state index >= 15 is 0 Å². The molecule has 2 rings (SSSR count). The van der Waals surface area contributed by atoms with Crippen molar-refractivity contribution in [2.75, 3.05) is 13.7 Å². The number of aryl methyl sites for hydroxylation is 1. The van der Waals surface area contributed by atoms with Crippen LogP contribution in [0.4, 0.5) is 0 Å². The predicted octanol–water partition coefficient (Wildman–Crippen LogP) is 2.76. The van der Waals surface area contributed by atoms with Crippen molar-refractivity contribution in [3.8, 4) is 5.75 Å². The fourth-order valence-corrected chi connectivity index (χ4v) is 4.17. The zero-order valence-corrected chi connectivity index (χ0v) is 15.4. The molecule has 1 saturated carbocycles. The molecule has 3 N–H and O–H groups in total. The van der Waals surface area contributed by atoms with E-state index in [1.54, 1.807) is 25.3 Å². The molecular weight excluding hydrogens is 336 g/mol. The van der Waals surface area contributed by atoms with Crippen LogP contribution in [0.2, 0.25) is 0 Å². The molecule has 0 radical (unpaired) electrons. The number of hydrogen-bond acceptors (Lipinski definition) is 4. The van der Waals surface area contributed by atoms with Gasteiger partial charge in [0.1, 0.15) is 5.75 Å². The molecule has 1 fully saturated rings. The zero-order valence-electron chi connectivity index (χ0n) is 13.8. The molecule has 0 heterocycles. The molecule has 0 spiro atoms. The highest BCUT2D eigenvalue weighted by Gasteiger charge is 2.28. The van der Waals surface area contributed by atoms with Gasteiger partial charge in [-0.3, -0.25) is 0 Å². The van der Waals surface area contributed by atoms with Gasteiger partial charge in [0, 0.05) is 12.1 Å². The Kier molecular flexibility index (Phi) is 7.32. The Hall–Kier alpha value is -0.820. The van der Waals surface area contributed by atoms with Crippen molar-refractivity contribution in [1.82, 2.24) is 4.72 Å². The summed E-state index contributed by atoms with van der Waals surface area (Å²) in [6, 6.07) is 4.86. The summed E-state index contributed by atoms with van der Waals surface area (Å²) in [5.41, 5.74) is 6.74. The Labute approximate surface area is 145 Å². The summed E-state index contributed by atoms with van der Waals surface area (Å²) >= 11 is 0. The molecule has 1 aromatic carbocycles. The van der Waals surface area contributed by atoms with Gasteiger partial charge in [-0.25, -0.2) is 13.1 Å². The van der Waals surface area contributed by atoms with Crippen LogP contribution in [0.25, 0.3) is 0 Å². The van der Waals surface area contributed by atoms with Gasteiger partial charge < -0.3 is 10.5 Å². The second-order valence-electron chi connectivity index (χ2n) is 6.23. The van der Waals surface area contributed by atoms with Crippen molar-refractivity contribution in [1.29, 1.82) is 0 Å². The summed E-state index contributed by atoms with van der Waals surface area (Å²) in [4.78, 5) is 0.253. The number of methoxy groups -OCH3 is 1. The first-order chi connectivity index (χ1) is 10.4. The lowest BCUT2D eigenvalue weighted by molar-refractivity contribution is 0.369. The lowest BCUT2D eigenvalue weighted by Gasteiger charge is -2.28. The third kappa shape index (κ3) is 5.35. The van der Waals surface area contributed by atoms with Crippen LogP contribution in [0.15, 0.2) is 23.1 Å². The van der Waals surface area contributed by atoms with Gasteiger partial charge in [-0.2, -0.15) is 0 Å². The van der Waals surface area contributed by atoms with Crippen molar-refractivity contribution in [3.63, 3.8) is 0 Å². The summed E-state index contributed by atoms with van der Waals surface area (Å²) in [7, 11) is -1.97. The summed E-state index contributed by atoms with van der Waals surface area (Å²) < 4.78 is 32.7. The second-order valence-corrected chi connectivity index (χ2v) is 8.00. The van der Waals surface area contributed by atoms with Crippen LogP contribution in [0.5, 0.6) is 5.75 Å². The van der Waals surface area contributed by atoms with E-state index in [1.165, 1.54) is 12.8 Å². The first kappa shape index (κ1) is 20.2. The van der Waals surface area contributed by atoms with Crippen molar-refractivity contribution in [2.45, 2.75) is 55.9 Å². The molecule has 132 valence electrons. The number of rotatable bonds is 5. The van der Waals surface area contributed by atoms with Gasteiger partial charge in [0.05, 0.1) is 12.0 Å². The minimum Gasteiger partial charge on any atom is -0.496 e. The maximum atomic E-state index is 12.4. The van der Waals surface area contributed by atoms with Gasteiger partial charge in [-0.15, -0.1) is 12.4 Å². The summed E-state index contributed by atoms with van der Waals surface area (Å²) in [6.45, 7) is 2.12. The Morgan fingerprint density at radius 2 is 1.83 bits per heavy atom. The van der Waals surface area contributed by atoms with E-state index in [4.69, 9.17) is 10.5 Å². The van der Waals surface area contributed by atoms with Crippen LogP contribution < -0.4 is 15.2 Å². The molecule has 1 aliphatic rings.